The fourth-order valence-electron chi connectivity index (χ4n) is 3.64. The lowest BCUT2D eigenvalue weighted by Gasteiger charge is -2.35. The van der Waals surface area contributed by atoms with E-state index in [0.717, 1.165) is 6.29 Å². The summed E-state index contributed by atoms with van der Waals surface area (Å²) in [5.41, 5.74) is 1.15. The van der Waals surface area contributed by atoms with Crippen LogP contribution in [0.15, 0.2) is 24.3 Å². The van der Waals surface area contributed by atoms with Crippen LogP contribution in [0.1, 0.15) is 52.8 Å². The van der Waals surface area contributed by atoms with Crippen molar-refractivity contribution < 1.29 is 14.4 Å². The number of carbonyl (C=O) groups is 3. The molecule has 1 aromatic rings. The van der Waals surface area contributed by atoms with Gasteiger partial charge in [-0.2, -0.15) is 0 Å². The minimum absolute atomic E-state index is 0.0321. The molecule has 1 saturated heterocycles. The van der Waals surface area contributed by atoms with Crippen LogP contribution in [0.3, 0.4) is 0 Å². The Kier molecular flexibility index (Phi) is 5.28. The van der Waals surface area contributed by atoms with Gasteiger partial charge >= 0.3 is 0 Å². The monoisotopic (exact) mass is 328 g/mol. The number of hydrogen-bond donors (Lipinski definition) is 0. The summed E-state index contributed by atoms with van der Waals surface area (Å²) in [5.74, 6) is 0.771. The number of rotatable bonds is 4. The molecule has 2 fully saturated rings. The molecule has 0 spiro atoms. The van der Waals surface area contributed by atoms with E-state index in [2.05, 4.69) is 0 Å². The van der Waals surface area contributed by atoms with E-state index in [4.69, 9.17) is 0 Å². The summed E-state index contributed by atoms with van der Waals surface area (Å²) < 4.78 is 0. The van der Waals surface area contributed by atoms with Crippen molar-refractivity contribution in [3.8, 4) is 0 Å². The van der Waals surface area contributed by atoms with Crippen LogP contribution in [0.2, 0.25) is 0 Å². The molecule has 0 atom stereocenters. The number of aldehydes is 1. The molecule has 2 aliphatic rings. The molecule has 0 unspecified atom stereocenters. The summed E-state index contributed by atoms with van der Waals surface area (Å²) >= 11 is 0. The molecule has 24 heavy (non-hydrogen) atoms. The summed E-state index contributed by atoms with van der Waals surface area (Å²) in [6.45, 7) is 2.38. The van der Waals surface area contributed by atoms with Gasteiger partial charge in [0.1, 0.15) is 6.29 Å². The molecule has 5 heteroatoms. The fraction of sp³-hybridized carbons (Fsp3) is 0.526. The first-order valence-electron chi connectivity index (χ1n) is 8.79. The zero-order chi connectivity index (χ0) is 16.9. The van der Waals surface area contributed by atoms with Crippen molar-refractivity contribution in [3.63, 3.8) is 0 Å². The van der Waals surface area contributed by atoms with Gasteiger partial charge in [0, 0.05) is 43.7 Å². The molecule has 1 heterocycles. The molecule has 2 amide bonds. The van der Waals surface area contributed by atoms with Crippen LogP contribution in [0, 0.1) is 5.92 Å². The summed E-state index contributed by atoms with van der Waals surface area (Å²) in [7, 11) is 0. The van der Waals surface area contributed by atoms with Gasteiger partial charge in [0.15, 0.2) is 0 Å². The van der Waals surface area contributed by atoms with Gasteiger partial charge < -0.3 is 9.80 Å². The third kappa shape index (κ3) is 3.83. The molecule has 1 aliphatic heterocycles. The first-order valence-corrected chi connectivity index (χ1v) is 8.79. The number of benzene rings is 1. The van der Waals surface area contributed by atoms with Gasteiger partial charge in [0.2, 0.25) is 5.91 Å². The maximum absolute atomic E-state index is 12.5. The average molecular weight is 328 g/mol. The van der Waals surface area contributed by atoms with E-state index in [1.54, 1.807) is 29.2 Å². The van der Waals surface area contributed by atoms with E-state index in [1.807, 2.05) is 4.90 Å². The first-order chi connectivity index (χ1) is 11.7. The van der Waals surface area contributed by atoms with Crippen LogP contribution in [0.4, 0.5) is 0 Å². The molecule has 0 N–H and O–H groups in total. The number of carbonyl (C=O) groups excluding carboxylic acids is 3. The highest BCUT2D eigenvalue weighted by atomic mass is 16.2. The van der Waals surface area contributed by atoms with E-state index in [9.17, 15) is 14.4 Å². The molecule has 3 rings (SSSR count). The summed E-state index contributed by atoms with van der Waals surface area (Å²) in [4.78, 5) is 39.2. The maximum atomic E-state index is 12.5. The second kappa shape index (κ2) is 7.60. The number of piperazine rings is 1. The van der Waals surface area contributed by atoms with Gasteiger partial charge in [-0.05, 0) is 30.9 Å². The number of nitrogens with zero attached hydrogens (tertiary/aromatic N) is 2. The molecule has 1 aliphatic carbocycles. The molecular formula is C19H24N2O3. The largest absolute Gasteiger partial charge is 0.339 e. The Bertz CT molecular complexity index is 598. The molecule has 1 saturated carbocycles. The van der Waals surface area contributed by atoms with Gasteiger partial charge in [-0.1, -0.05) is 25.0 Å². The van der Waals surface area contributed by atoms with Crippen molar-refractivity contribution in [2.24, 2.45) is 5.92 Å². The van der Waals surface area contributed by atoms with E-state index in [-0.39, 0.29) is 11.8 Å². The predicted octanol–water partition coefficient (Wildman–Crippen LogP) is 2.36. The van der Waals surface area contributed by atoms with Crippen molar-refractivity contribution in [3.05, 3.63) is 35.4 Å². The Morgan fingerprint density at radius 2 is 1.54 bits per heavy atom. The first kappa shape index (κ1) is 16.7. The summed E-state index contributed by atoms with van der Waals surface area (Å²) in [6, 6.07) is 6.68. The third-order valence-corrected chi connectivity index (χ3v) is 5.15. The standard InChI is InChI=1S/C19H24N2O3/c22-14-16-5-7-17(8-6-16)19(24)21-11-9-20(10-12-21)18(23)13-15-3-1-2-4-15/h5-8,14-15H,1-4,9-13H2. The van der Waals surface area contributed by atoms with Crippen LogP contribution in [0.25, 0.3) is 0 Å². The zero-order valence-corrected chi connectivity index (χ0v) is 13.9. The molecule has 1 aromatic carbocycles. The Balaban J connectivity index is 1.51. The van der Waals surface area contributed by atoms with Gasteiger partial charge in [-0.3, -0.25) is 14.4 Å². The lowest BCUT2D eigenvalue weighted by Crippen LogP contribution is -2.50. The Labute approximate surface area is 142 Å². The minimum atomic E-state index is -0.0321. The quantitative estimate of drug-likeness (QED) is 0.797. The Morgan fingerprint density at radius 1 is 0.958 bits per heavy atom. The SMILES string of the molecule is O=Cc1ccc(C(=O)N2CCN(C(=O)CC3CCCC3)CC2)cc1. The predicted molar refractivity (Wildman–Crippen MR) is 90.9 cm³/mol. The molecule has 128 valence electrons. The maximum Gasteiger partial charge on any atom is 0.253 e. The smallest absolute Gasteiger partial charge is 0.253 e. The van der Waals surface area contributed by atoms with Crippen molar-refractivity contribution in [1.29, 1.82) is 0 Å². The molecular weight excluding hydrogens is 304 g/mol. The molecule has 0 radical (unpaired) electrons. The number of hydrogen-bond acceptors (Lipinski definition) is 3. The normalized spacial score (nSPS) is 18.7. The van der Waals surface area contributed by atoms with Crippen molar-refractivity contribution in [2.45, 2.75) is 32.1 Å². The second-order valence-electron chi connectivity index (χ2n) is 6.77. The summed E-state index contributed by atoms with van der Waals surface area (Å²) in [5, 5.41) is 0. The molecule has 5 nitrogen and oxygen atoms in total. The van der Waals surface area contributed by atoms with Crippen molar-refractivity contribution in [1.82, 2.24) is 9.80 Å². The average Bonchev–Trinajstić information content (AvgIpc) is 3.14. The van der Waals surface area contributed by atoms with Crippen LogP contribution < -0.4 is 0 Å². The van der Waals surface area contributed by atoms with E-state index in [0.29, 0.717) is 49.6 Å². The second-order valence-corrected chi connectivity index (χ2v) is 6.77. The van der Waals surface area contributed by atoms with Crippen LogP contribution in [-0.4, -0.2) is 54.1 Å². The van der Waals surface area contributed by atoms with Gasteiger partial charge in [-0.25, -0.2) is 0 Å². The van der Waals surface area contributed by atoms with Crippen molar-refractivity contribution >= 4 is 18.1 Å². The van der Waals surface area contributed by atoms with Gasteiger partial charge in [-0.15, -0.1) is 0 Å². The minimum Gasteiger partial charge on any atom is -0.339 e. The lowest BCUT2D eigenvalue weighted by molar-refractivity contribution is -0.133. The highest BCUT2D eigenvalue weighted by molar-refractivity contribution is 5.95. The van der Waals surface area contributed by atoms with Crippen LogP contribution in [-0.2, 0) is 4.79 Å². The number of amides is 2. The van der Waals surface area contributed by atoms with E-state index < -0.39 is 0 Å². The van der Waals surface area contributed by atoms with Gasteiger partial charge in [0.25, 0.3) is 5.91 Å². The topological polar surface area (TPSA) is 57.7 Å². The molecule has 0 aromatic heterocycles. The van der Waals surface area contributed by atoms with E-state index in [1.165, 1.54) is 25.7 Å². The highest BCUT2D eigenvalue weighted by Crippen LogP contribution is 2.28. The van der Waals surface area contributed by atoms with E-state index >= 15 is 0 Å². The van der Waals surface area contributed by atoms with Crippen LogP contribution in [0.5, 0.6) is 0 Å². The summed E-state index contributed by atoms with van der Waals surface area (Å²) in [6.07, 6.45) is 6.30. The fourth-order valence-corrected chi connectivity index (χ4v) is 3.64. The Morgan fingerprint density at radius 3 is 2.12 bits per heavy atom. The molecule has 0 bridgehead atoms. The van der Waals surface area contributed by atoms with Crippen LogP contribution >= 0.6 is 0 Å². The Hall–Kier alpha value is -2.17. The zero-order valence-electron chi connectivity index (χ0n) is 13.9. The highest BCUT2D eigenvalue weighted by Gasteiger charge is 2.27. The van der Waals surface area contributed by atoms with Crippen molar-refractivity contribution in [2.75, 3.05) is 26.2 Å². The third-order valence-electron chi connectivity index (χ3n) is 5.15. The lowest BCUT2D eigenvalue weighted by atomic mass is 10.0. The van der Waals surface area contributed by atoms with Gasteiger partial charge in [0.05, 0.1) is 0 Å².